The Morgan fingerprint density at radius 1 is 1.53 bits per heavy atom. The van der Waals surface area contributed by atoms with E-state index < -0.39 is 15.9 Å². The maximum atomic E-state index is 11.8. The largest absolute Gasteiger partial charge is 0.345 e. The minimum atomic E-state index is -3.55. The van der Waals surface area contributed by atoms with Crippen molar-refractivity contribution in [2.75, 3.05) is 21.2 Å². The standard InChI is InChI=1S/C9H15N3O4S/c1-10-17(14,15)7-5-8(11(2)6-7)9(13)12(3)16-4/h5-6,10H,1-4H3. The molecule has 0 aromatic carbocycles. The van der Waals surface area contributed by atoms with Crippen LogP contribution in [-0.4, -0.2) is 45.2 Å². The van der Waals surface area contributed by atoms with Gasteiger partial charge in [0.05, 0.1) is 7.11 Å². The molecule has 0 spiro atoms. The first kappa shape index (κ1) is 13.7. The van der Waals surface area contributed by atoms with Crippen molar-refractivity contribution in [2.24, 2.45) is 7.05 Å². The Kier molecular flexibility index (Phi) is 3.91. The molecule has 0 unspecified atom stereocenters. The minimum absolute atomic E-state index is 0.0374. The molecule has 96 valence electrons. The monoisotopic (exact) mass is 261 g/mol. The van der Waals surface area contributed by atoms with E-state index in [1.165, 1.54) is 38.0 Å². The van der Waals surface area contributed by atoms with Gasteiger partial charge in [0.1, 0.15) is 10.6 Å². The van der Waals surface area contributed by atoms with Gasteiger partial charge in [0.25, 0.3) is 5.91 Å². The second kappa shape index (κ2) is 4.86. The zero-order valence-electron chi connectivity index (χ0n) is 10.1. The minimum Gasteiger partial charge on any atom is -0.345 e. The van der Waals surface area contributed by atoms with Gasteiger partial charge in [-0.1, -0.05) is 0 Å². The highest BCUT2D eigenvalue weighted by Gasteiger charge is 2.21. The van der Waals surface area contributed by atoms with Crippen LogP contribution in [0.1, 0.15) is 10.5 Å². The molecule has 1 aromatic rings. The van der Waals surface area contributed by atoms with Crippen LogP contribution in [-0.2, 0) is 21.9 Å². The zero-order valence-corrected chi connectivity index (χ0v) is 10.9. The van der Waals surface area contributed by atoms with Crippen LogP contribution < -0.4 is 4.72 Å². The maximum Gasteiger partial charge on any atom is 0.293 e. The smallest absolute Gasteiger partial charge is 0.293 e. The number of hydroxylamine groups is 2. The lowest BCUT2D eigenvalue weighted by Crippen LogP contribution is -2.27. The average molecular weight is 261 g/mol. The summed E-state index contributed by atoms with van der Waals surface area (Å²) in [6.07, 6.45) is 1.36. The van der Waals surface area contributed by atoms with Crippen LogP contribution in [0.5, 0.6) is 0 Å². The molecule has 17 heavy (non-hydrogen) atoms. The first-order chi connectivity index (χ1) is 7.83. The third kappa shape index (κ3) is 2.65. The molecule has 0 radical (unpaired) electrons. The lowest BCUT2D eigenvalue weighted by Gasteiger charge is -2.13. The van der Waals surface area contributed by atoms with Gasteiger partial charge in [-0.2, -0.15) is 0 Å². The van der Waals surface area contributed by atoms with Gasteiger partial charge in [0, 0.05) is 20.3 Å². The molecule has 0 atom stereocenters. The zero-order chi connectivity index (χ0) is 13.2. The molecule has 1 amide bonds. The quantitative estimate of drug-likeness (QED) is 0.746. The molecule has 0 bridgehead atoms. The highest BCUT2D eigenvalue weighted by molar-refractivity contribution is 7.89. The maximum absolute atomic E-state index is 11.8. The van der Waals surface area contributed by atoms with Crippen LogP contribution in [0, 0.1) is 0 Å². The van der Waals surface area contributed by atoms with E-state index in [1.807, 2.05) is 0 Å². The molecule has 7 nitrogen and oxygen atoms in total. The first-order valence-electron chi connectivity index (χ1n) is 4.75. The van der Waals surface area contributed by atoms with Crippen molar-refractivity contribution in [1.82, 2.24) is 14.4 Å². The molecule has 0 fully saturated rings. The summed E-state index contributed by atoms with van der Waals surface area (Å²) in [5.41, 5.74) is 0.225. The SMILES string of the molecule is CNS(=O)(=O)c1cc(C(=O)N(C)OC)n(C)c1. The van der Waals surface area contributed by atoms with Gasteiger partial charge in [0.15, 0.2) is 0 Å². The number of amides is 1. The third-order valence-corrected chi connectivity index (χ3v) is 3.72. The van der Waals surface area contributed by atoms with Crippen LogP contribution in [0.25, 0.3) is 0 Å². The van der Waals surface area contributed by atoms with Crippen molar-refractivity contribution in [3.8, 4) is 0 Å². The van der Waals surface area contributed by atoms with E-state index in [4.69, 9.17) is 4.84 Å². The lowest BCUT2D eigenvalue weighted by molar-refractivity contribution is -0.0762. The summed E-state index contributed by atoms with van der Waals surface area (Å²) in [6.45, 7) is 0. The predicted octanol–water partition coefficient (Wildman–Crippen LogP) is -0.433. The van der Waals surface area contributed by atoms with Crippen molar-refractivity contribution in [3.05, 3.63) is 18.0 Å². The molecule has 0 aliphatic rings. The molecule has 1 aromatic heterocycles. The van der Waals surface area contributed by atoms with Crippen molar-refractivity contribution >= 4 is 15.9 Å². The summed E-state index contributed by atoms with van der Waals surface area (Å²) >= 11 is 0. The van der Waals surface area contributed by atoms with Crippen LogP contribution in [0.2, 0.25) is 0 Å². The number of nitrogens with zero attached hydrogens (tertiary/aromatic N) is 2. The Morgan fingerprint density at radius 2 is 2.12 bits per heavy atom. The highest BCUT2D eigenvalue weighted by atomic mass is 32.2. The second-order valence-electron chi connectivity index (χ2n) is 3.36. The average Bonchev–Trinajstić information content (AvgIpc) is 2.70. The van der Waals surface area contributed by atoms with E-state index in [9.17, 15) is 13.2 Å². The summed E-state index contributed by atoms with van der Waals surface area (Å²) < 4.78 is 26.7. The van der Waals surface area contributed by atoms with Crippen molar-refractivity contribution in [2.45, 2.75) is 4.90 Å². The molecule has 1 N–H and O–H groups in total. The first-order valence-corrected chi connectivity index (χ1v) is 6.24. The van der Waals surface area contributed by atoms with Crippen molar-refractivity contribution in [3.63, 3.8) is 0 Å². The fourth-order valence-electron chi connectivity index (χ4n) is 1.26. The Morgan fingerprint density at radius 3 is 2.59 bits per heavy atom. The number of hydrogen-bond acceptors (Lipinski definition) is 4. The topological polar surface area (TPSA) is 80.6 Å². The molecule has 1 rings (SSSR count). The number of nitrogens with one attached hydrogen (secondary N) is 1. The molecule has 8 heteroatoms. The lowest BCUT2D eigenvalue weighted by atomic mass is 10.4. The van der Waals surface area contributed by atoms with Gasteiger partial charge >= 0.3 is 0 Å². The number of aryl methyl sites for hydroxylation is 1. The van der Waals surface area contributed by atoms with Gasteiger partial charge in [0.2, 0.25) is 10.0 Å². The third-order valence-electron chi connectivity index (χ3n) is 2.34. The second-order valence-corrected chi connectivity index (χ2v) is 5.25. The number of carbonyl (C=O) groups excluding carboxylic acids is 1. The van der Waals surface area contributed by atoms with E-state index >= 15 is 0 Å². The molecular formula is C9H15N3O4S. The van der Waals surface area contributed by atoms with Crippen LogP contribution in [0.4, 0.5) is 0 Å². The predicted molar refractivity (Wildman–Crippen MR) is 60.8 cm³/mol. The number of aromatic nitrogens is 1. The van der Waals surface area contributed by atoms with E-state index in [-0.39, 0.29) is 10.6 Å². The van der Waals surface area contributed by atoms with Crippen LogP contribution in [0.3, 0.4) is 0 Å². The van der Waals surface area contributed by atoms with Crippen molar-refractivity contribution < 1.29 is 18.0 Å². The number of hydrogen-bond donors (Lipinski definition) is 1. The normalized spacial score (nSPS) is 11.5. The van der Waals surface area contributed by atoms with E-state index in [1.54, 1.807) is 7.05 Å². The van der Waals surface area contributed by atoms with Gasteiger partial charge in [-0.05, 0) is 13.1 Å². The van der Waals surface area contributed by atoms with Gasteiger partial charge < -0.3 is 4.57 Å². The Labute approximate surface area is 100.0 Å². The Balaban J connectivity index is 3.18. The molecule has 0 aliphatic heterocycles. The summed E-state index contributed by atoms with van der Waals surface area (Å²) in [6, 6.07) is 1.30. The number of sulfonamides is 1. The fraction of sp³-hybridized carbons (Fsp3) is 0.444. The number of carbonyl (C=O) groups is 1. The fourth-order valence-corrected chi connectivity index (χ4v) is 2.06. The summed E-state index contributed by atoms with van der Waals surface area (Å²) in [5.74, 6) is -0.424. The Hall–Kier alpha value is -1.38. The van der Waals surface area contributed by atoms with Gasteiger partial charge in [-0.3, -0.25) is 9.63 Å². The number of rotatable bonds is 4. The van der Waals surface area contributed by atoms with Crippen LogP contribution >= 0.6 is 0 Å². The van der Waals surface area contributed by atoms with Crippen molar-refractivity contribution in [1.29, 1.82) is 0 Å². The van der Waals surface area contributed by atoms with Gasteiger partial charge in [-0.25, -0.2) is 18.2 Å². The molecule has 0 saturated heterocycles. The molecule has 1 heterocycles. The van der Waals surface area contributed by atoms with E-state index in [0.717, 1.165) is 5.06 Å². The Bertz CT molecular complexity index is 520. The highest BCUT2D eigenvalue weighted by Crippen LogP contribution is 2.14. The summed E-state index contributed by atoms with van der Waals surface area (Å²) in [4.78, 5) is 16.6. The summed E-state index contributed by atoms with van der Waals surface area (Å²) in [7, 11) is 2.15. The van der Waals surface area contributed by atoms with E-state index in [2.05, 4.69) is 4.72 Å². The summed E-state index contributed by atoms with van der Waals surface area (Å²) in [5, 5.41) is 1.02. The molecule has 0 aliphatic carbocycles. The van der Waals surface area contributed by atoms with Gasteiger partial charge in [-0.15, -0.1) is 0 Å². The van der Waals surface area contributed by atoms with E-state index in [0.29, 0.717) is 0 Å². The van der Waals surface area contributed by atoms with Crippen LogP contribution in [0.15, 0.2) is 17.2 Å². The molecular weight excluding hydrogens is 246 g/mol. The molecule has 0 saturated carbocycles.